The fraction of sp³-hybridized carbons (Fsp3) is 0.200. The molecule has 0 aliphatic heterocycles. The molecule has 136 valence electrons. The summed E-state index contributed by atoms with van der Waals surface area (Å²) in [6.07, 6.45) is 0. The molecule has 0 bridgehead atoms. The summed E-state index contributed by atoms with van der Waals surface area (Å²) in [7, 11) is 0. The Hall–Kier alpha value is -1.75. The molecular weight excluding hydrogens is 389 g/mol. The van der Waals surface area contributed by atoms with Crippen LogP contribution in [0.4, 0.5) is 0 Å². The highest BCUT2D eigenvalue weighted by molar-refractivity contribution is 8.00. The predicted molar refractivity (Wildman–Crippen MR) is 103 cm³/mol. The number of benzene rings is 2. The maximum atomic E-state index is 11.8. The van der Waals surface area contributed by atoms with Crippen LogP contribution in [0.3, 0.4) is 0 Å². The van der Waals surface area contributed by atoms with Crippen molar-refractivity contribution in [1.29, 1.82) is 0 Å². The molecule has 3 nitrogen and oxygen atoms in total. The first-order valence-electron chi connectivity index (χ1n) is 8.09. The van der Waals surface area contributed by atoms with Crippen molar-refractivity contribution in [1.82, 2.24) is 0 Å². The highest BCUT2D eigenvalue weighted by Crippen LogP contribution is 2.38. The Morgan fingerprint density at radius 3 is 2.62 bits per heavy atom. The number of thioether (sulfide) groups is 1. The van der Waals surface area contributed by atoms with Gasteiger partial charge in [-0.2, -0.15) is 0 Å². The molecule has 2 aromatic carbocycles. The number of carbonyl (C=O) groups is 1. The molecule has 3 rings (SSSR count). The monoisotopic (exact) mass is 407 g/mol. The Kier molecular flexibility index (Phi) is 7.33. The van der Waals surface area contributed by atoms with E-state index in [0.717, 1.165) is 32.6 Å². The van der Waals surface area contributed by atoms with E-state index >= 15 is 0 Å². The Morgan fingerprint density at radius 2 is 1.92 bits per heavy atom. The normalized spacial score (nSPS) is 10.4. The maximum Gasteiger partial charge on any atom is 0.316 e. The Morgan fingerprint density at radius 1 is 1.19 bits per heavy atom. The number of ether oxygens (including phenoxy) is 1. The van der Waals surface area contributed by atoms with Crippen LogP contribution in [-0.4, -0.2) is 18.3 Å². The molecule has 0 spiro atoms. The van der Waals surface area contributed by atoms with Crippen LogP contribution in [0.25, 0.3) is 22.0 Å². The SMILES string of the molecule is CCOC(=O)CSc1c(C)[nH+]c2ccc(Cl)cc2c1-c1ccccc1.[Cl-]. The van der Waals surface area contributed by atoms with E-state index in [2.05, 4.69) is 17.1 Å². The van der Waals surface area contributed by atoms with E-state index in [0.29, 0.717) is 11.6 Å². The van der Waals surface area contributed by atoms with Crippen LogP contribution in [0.1, 0.15) is 12.6 Å². The molecular formula is C20H19Cl2NO2S. The van der Waals surface area contributed by atoms with Gasteiger partial charge in [-0.1, -0.05) is 41.9 Å². The van der Waals surface area contributed by atoms with E-state index in [1.54, 1.807) is 0 Å². The van der Waals surface area contributed by atoms with Gasteiger partial charge in [0.05, 0.1) is 22.6 Å². The number of aromatic amines is 1. The molecule has 26 heavy (non-hydrogen) atoms. The third kappa shape index (κ3) is 4.50. The van der Waals surface area contributed by atoms with Crippen molar-refractivity contribution in [3.05, 3.63) is 59.2 Å². The summed E-state index contributed by atoms with van der Waals surface area (Å²) in [5.41, 5.74) is 4.21. The number of halogens is 2. The van der Waals surface area contributed by atoms with Gasteiger partial charge in [-0.3, -0.25) is 4.79 Å². The minimum Gasteiger partial charge on any atom is -1.00 e. The van der Waals surface area contributed by atoms with Crippen molar-refractivity contribution >= 4 is 40.2 Å². The van der Waals surface area contributed by atoms with Crippen LogP contribution in [-0.2, 0) is 9.53 Å². The zero-order valence-corrected chi connectivity index (χ0v) is 16.8. The minimum absolute atomic E-state index is 0. The number of aromatic nitrogens is 1. The second-order valence-electron chi connectivity index (χ2n) is 5.60. The van der Waals surface area contributed by atoms with Gasteiger partial charge in [0.25, 0.3) is 0 Å². The van der Waals surface area contributed by atoms with Crippen molar-refractivity contribution in [2.24, 2.45) is 0 Å². The Balaban J connectivity index is 0.00000243. The molecule has 0 aliphatic carbocycles. The topological polar surface area (TPSA) is 40.4 Å². The van der Waals surface area contributed by atoms with Crippen molar-refractivity contribution in [3.63, 3.8) is 0 Å². The Bertz CT molecular complexity index is 917. The van der Waals surface area contributed by atoms with Crippen molar-refractivity contribution in [3.8, 4) is 11.1 Å². The summed E-state index contributed by atoms with van der Waals surface area (Å²) < 4.78 is 5.06. The summed E-state index contributed by atoms with van der Waals surface area (Å²) in [4.78, 5) is 16.3. The van der Waals surface area contributed by atoms with Gasteiger partial charge < -0.3 is 17.1 Å². The molecule has 0 unspecified atom stereocenters. The van der Waals surface area contributed by atoms with E-state index in [-0.39, 0.29) is 24.1 Å². The van der Waals surface area contributed by atoms with E-state index in [1.807, 2.05) is 50.2 Å². The Labute approximate surface area is 168 Å². The standard InChI is InChI=1S/C20H18ClNO2S.ClH/c1-3-24-18(23)12-25-20-13(2)22-17-10-9-15(21)11-16(17)19(20)14-7-5-4-6-8-14;/h4-11H,3,12H2,1-2H3;1H. The lowest BCUT2D eigenvalue weighted by atomic mass is 10.00. The first-order valence-corrected chi connectivity index (χ1v) is 9.45. The van der Waals surface area contributed by atoms with Crippen LogP contribution in [0, 0.1) is 6.92 Å². The molecule has 0 radical (unpaired) electrons. The van der Waals surface area contributed by atoms with Crippen LogP contribution in [0.2, 0.25) is 5.02 Å². The second kappa shape index (κ2) is 9.26. The van der Waals surface area contributed by atoms with Crippen LogP contribution >= 0.6 is 23.4 Å². The van der Waals surface area contributed by atoms with Gasteiger partial charge in [0.15, 0.2) is 5.69 Å². The van der Waals surface area contributed by atoms with Gasteiger partial charge in [-0.15, -0.1) is 11.8 Å². The van der Waals surface area contributed by atoms with Gasteiger partial charge in [0.2, 0.25) is 5.52 Å². The molecule has 1 N–H and O–H groups in total. The molecule has 6 heteroatoms. The number of rotatable bonds is 5. The summed E-state index contributed by atoms with van der Waals surface area (Å²) in [6, 6.07) is 16.0. The molecule has 0 saturated carbocycles. The zero-order valence-electron chi connectivity index (χ0n) is 14.5. The average molecular weight is 408 g/mol. The van der Waals surface area contributed by atoms with E-state index in [4.69, 9.17) is 16.3 Å². The number of esters is 1. The van der Waals surface area contributed by atoms with Crippen molar-refractivity contribution in [2.45, 2.75) is 18.7 Å². The third-order valence-electron chi connectivity index (χ3n) is 3.84. The summed E-state index contributed by atoms with van der Waals surface area (Å²) >= 11 is 7.73. The minimum atomic E-state index is -0.211. The van der Waals surface area contributed by atoms with Gasteiger partial charge in [-0.25, -0.2) is 4.98 Å². The molecule has 0 atom stereocenters. The van der Waals surface area contributed by atoms with E-state index in [1.165, 1.54) is 11.8 Å². The van der Waals surface area contributed by atoms with E-state index in [9.17, 15) is 4.79 Å². The second-order valence-corrected chi connectivity index (χ2v) is 7.03. The number of H-pyrrole nitrogens is 1. The predicted octanol–water partition coefficient (Wildman–Crippen LogP) is 1.94. The fourth-order valence-electron chi connectivity index (χ4n) is 2.81. The lowest BCUT2D eigenvalue weighted by molar-refractivity contribution is -0.357. The quantitative estimate of drug-likeness (QED) is 0.479. The number of aryl methyl sites for hydroxylation is 1. The molecule has 0 aliphatic rings. The molecule has 0 saturated heterocycles. The molecule has 1 heterocycles. The number of fused-ring (bicyclic) bond motifs is 1. The van der Waals surface area contributed by atoms with Crippen LogP contribution < -0.4 is 17.4 Å². The van der Waals surface area contributed by atoms with E-state index < -0.39 is 0 Å². The lowest BCUT2D eigenvalue weighted by Gasteiger charge is -2.12. The van der Waals surface area contributed by atoms with Gasteiger partial charge in [-0.05, 0) is 24.6 Å². The summed E-state index contributed by atoms with van der Waals surface area (Å²) in [5, 5.41) is 1.72. The molecule has 0 amide bonds. The smallest absolute Gasteiger partial charge is 0.316 e. The number of hydrogen-bond donors (Lipinski definition) is 0. The maximum absolute atomic E-state index is 11.8. The first kappa shape index (κ1) is 20.6. The average Bonchev–Trinajstić information content (AvgIpc) is 2.61. The zero-order chi connectivity index (χ0) is 17.8. The first-order chi connectivity index (χ1) is 12.1. The van der Waals surface area contributed by atoms with Crippen LogP contribution in [0.5, 0.6) is 0 Å². The highest BCUT2D eigenvalue weighted by Gasteiger charge is 2.20. The third-order valence-corrected chi connectivity index (χ3v) is 5.26. The molecule has 3 aromatic rings. The van der Waals surface area contributed by atoms with Crippen molar-refractivity contribution in [2.75, 3.05) is 12.4 Å². The molecule has 1 aromatic heterocycles. The summed E-state index contributed by atoms with van der Waals surface area (Å²) in [5.74, 6) is 0.0612. The van der Waals surface area contributed by atoms with Gasteiger partial charge in [0, 0.05) is 23.6 Å². The van der Waals surface area contributed by atoms with Gasteiger partial charge >= 0.3 is 5.97 Å². The number of carbonyl (C=O) groups excluding carboxylic acids is 1. The summed E-state index contributed by atoms with van der Waals surface area (Å²) in [6.45, 7) is 4.23. The largest absolute Gasteiger partial charge is 1.00 e. The van der Waals surface area contributed by atoms with Crippen molar-refractivity contribution < 1.29 is 26.9 Å². The van der Waals surface area contributed by atoms with Gasteiger partial charge in [0.1, 0.15) is 0 Å². The fourth-order valence-corrected chi connectivity index (χ4v) is 3.96. The number of hydrogen-bond acceptors (Lipinski definition) is 3. The number of pyridine rings is 1. The molecule has 0 fully saturated rings. The highest BCUT2D eigenvalue weighted by atomic mass is 35.5. The lowest BCUT2D eigenvalue weighted by Crippen LogP contribution is -3.00. The number of nitrogens with one attached hydrogen (secondary N) is 1. The van der Waals surface area contributed by atoms with Crippen LogP contribution in [0.15, 0.2) is 53.4 Å².